The van der Waals surface area contributed by atoms with E-state index in [4.69, 9.17) is 0 Å². The van der Waals surface area contributed by atoms with Gasteiger partial charge in [-0.15, -0.1) is 0 Å². The number of hydrogen-bond acceptors (Lipinski definition) is 2. The van der Waals surface area contributed by atoms with Crippen LogP contribution in [0, 0.1) is 5.92 Å². The molecule has 3 nitrogen and oxygen atoms in total. The minimum atomic E-state index is 0.158. The van der Waals surface area contributed by atoms with Crippen molar-refractivity contribution in [2.75, 3.05) is 13.1 Å². The fourth-order valence-electron chi connectivity index (χ4n) is 2.11. The van der Waals surface area contributed by atoms with Gasteiger partial charge in [-0.2, -0.15) is 0 Å². The van der Waals surface area contributed by atoms with Crippen molar-refractivity contribution in [3.05, 3.63) is 12.2 Å². The average Bonchev–Trinajstić information content (AvgIpc) is 2.29. The van der Waals surface area contributed by atoms with Crippen molar-refractivity contribution in [2.24, 2.45) is 5.92 Å². The van der Waals surface area contributed by atoms with Crippen LogP contribution in [-0.2, 0) is 4.79 Å². The van der Waals surface area contributed by atoms with Gasteiger partial charge in [-0.25, -0.2) is 0 Å². The Morgan fingerprint density at radius 3 is 2.94 bits per heavy atom. The van der Waals surface area contributed by atoms with Crippen LogP contribution in [0.2, 0.25) is 0 Å². The summed E-state index contributed by atoms with van der Waals surface area (Å²) >= 11 is 0. The number of amides is 1. The molecule has 1 amide bonds. The van der Waals surface area contributed by atoms with E-state index < -0.39 is 0 Å². The van der Waals surface area contributed by atoms with Crippen LogP contribution >= 0.6 is 0 Å². The first kappa shape index (κ1) is 15.2. The Kier molecular flexibility index (Phi) is 7.74. The van der Waals surface area contributed by atoms with E-state index in [0.29, 0.717) is 18.4 Å². The molecule has 0 aromatic carbocycles. The molecule has 18 heavy (non-hydrogen) atoms. The molecule has 0 saturated heterocycles. The first-order valence-electron chi connectivity index (χ1n) is 7.35. The molecule has 0 spiro atoms. The minimum Gasteiger partial charge on any atom is -0.356 e. The number of allylic oxidation sites excluding steroid dienone is 1. The summed E-state index contributed by atoms with van der Waals surface area (Å²) in [4.78, 5) is 11.5. The monoisotopic (exact) mass is 252 g/mol. The van der Waals surface area contributed by atoms with Crippen LogP contribution in [0.1, 0.15) is 52.4 Å². The first-order valence-corrected chi connectivity index (χ1v) is 7.35. The van der Waals surface area contributed by atoms with Crippen LogP contribution in [0.3, 0.4) is 0 Å². The molecule has 0 saturated carbocycles. The van der Waals surface area contributed by atoms with E-state index in [2.05, 4.69) is 36.6 Å². The molecule has 0 radical (unpaired) electrons. The third-order valence-corrected chi connectivity index (χ3v) is 3.22. The number of rotatable bonds is 6. The second-order valence-corrected chi connectivity index (χ2v) is 5.57. The highest BCUT2D eigenvalue weighted by molar-refractivity contribution is 5.76. The first-order chi connectivity index (χ1) is 8.68. The summed E-state index contributed by atoms with van der Waals surface area (Å²) in [5, 5.41) is 6.41. The van der Waals surface area contributed by atoms with E-state index in [1.54, 1.807) is 0 Å². The van der Waals surface area contributed by atoms with E-state index >= 15 is 0 Å². The summed E-state index contributed by atoms with van der Waals surface area (Å²) in [5.74, 6) is 0.682. The molecule has 104 valence electrons. The van der Waals surface area contributed by atoms with Gasteiger partial charge >= 0.3 is 0 Å². The second-order valence-electron chi connectivity index (χ2n) is 5.57. The molecule has 1 aliphatic carbocycles. The van der Waals surface area contributed by atoms with Crippen molar-refractivity contribution < 1.29 is 4.79 Å². The van der Waals surface area contributed by atoms with Gasteiger partial charge in [0, 0.05) is 25.6 Å². The van der Waals surface area contributed by atoms with Gasteiger partial charge in [0.15, 0.2) is 0 Å². The number of hydrogen-bond donors (Lipinski definition) is 2. The van der Waals surface area contributed by atoms with Gasteiger partial charge in [-0.1, -0.05) is 38.8 Å². The summed E-state index contributed by atoms with van der Waals surface area (Å²) < 4.78 is 0. The van der Waals surface area contributed by atoms with Crippen molar-refractivity contribution in [1.29, 1.82) is 0 Å². The van der Waals surface area contributed by atoms with E-state index in [-0.39, 0.29) is 5.91 Å². The summed E-state index contributed by atoms with van der Waals surface area (Å²) in [7, 11) is 0. The van der Waals surface area contributed by atoms with Crippen molar-refractivity contribution in [3.63, 3.8) is 0 Å². The fraction of sp³-hybridized carbons (Fsp3) is 0.800. The maximum absolute atomic E-state index is 11.5. The van der Waals surface area contributed by atoms with Crippen LogP contribution in [0.4, 0.5) is 0 Å². The predicted molar refractivity (Wildman–Crippen MR) is 76.5 cm³/mol. The molecule has 3 heteroatoms. The average molecular weight is 252 g/mol. The van der Waals surface area contributed by atoms with Crippen molar-refractivity contribution in [3.8, 4) is 0 Å². The molecular formula is C15H28N2O. The lowest BCUT2D eigenvalue weighted by atomic mass is 10.0. The molecule has 0 aromatic heterocycles. The summed E-state index contributed by atoms with van der Waals surface area (Å²) in [6, 6.07) is 0.461. The second kappa shape index (κ2) is 9.15. The zero-order valence-electron chi connectivity index (χ0n) is 11.9. The highest BCUT2D eigenvalue weighted by Gasteiger charge is 2.07. The Labute approximate surface area is 111 Å². The lowest BCUT2D eigenvalue weighted by Crippen LogP contribution is -2.34. The maximum Gasteiger partial charge on any atom is 0.221 e. The minimum absolute atomic E-state index is 0.158. The van der Waals surface area contributed by atoms with Crippen LogP contribution in [0.25, 0.3) is 0 Å². The summed E-state index contributed by atoms with van der Waals surface area (Å²) in [6.07, 6.45) is 11.5. The standard InChI is InChI=1S/C15H28N2O/c1-13(2)12-17-15(18)10-11-16-14-8-6-4-3-5-7-9-14/h6,8,13-14,16H,3-5,7,9-12H2,1-2H3,(H,17,18)/b8-6+. The fourth-order valence-corrected chi connectivity index (χ4v) is 2.11. The van der Waals surface area contributed by atoms with Crippen molar-refractivity contribution in [1.82, 2.24) is 10.6 Å². The SMILES string of the molecule is CC(C)CNC(=O)CCNC1/C=C/CCCCC1. The normalized spacial score (nSPS) is 22.3. The van der Waals surface area contributed by atoms with Crippen LogP contribution in [-0.4, -0.2) is 25.0 Å². The van der Waals surface area contributed by atoms with Gasteiger partial charge in [-0.05, 0) is 25.2 Å². The predicted octanol–water partition coefficient (Wildman–Crippen LogP) is 2.63. The third-order valence-electron chi connectivity index (χ3n) is 3.22. The van der Waals surface area contributed by atoms with Gasteiger partial charge in [0.05, 0.1) is 0 Å². The van der Waals surface area contributed by atoms with Gasteiger partial charge in [0.1, 0.15) is 0 Å². The lowest BCUT2D eigenvalue weighted by Gasteiger charge is -2.17. The molecule has 1 rings (SSSR count). The third kappa shape index (κ3) is 7.49. The molecule has 0 heterocycles. The molecule has 1 unspecified atom stereocenters. The lowest BCUT2D eigenvalue weighted by molar-refractivity contribution is -0.121. The molecule has 1 aliphatic rings. The number of nitrogens with one attached hydrogen (secondary N) is 2. The van der Waals surface area contributed by atoms with Crippen molar-refractivity contribution >= 4 is 5.91 Å². The van der Waals surface area contributed by atoms with E-state index in [9.17, 15) is 4.79 Å². The quantitative estimate of drug-likeness (QED) is 0.714. The number of carbonyl (C=O) groups excluding carboxylic acids is 1. The van der Waals surface area contributed by atoms with Crippen molar-refractivity contribution in [2.45, 2.75) is 58.4 Å². The zero-order chi connectivity index (χ0) is 13.2. The highest BCUT2D eigenvalue weighted by Crippen LogP contribution is 2.11. The Bertz CT molecular complexity index is 261. The number of carbonyl (C=O) groups is 1. The van der Waals surface area contributed by atoms with Gasteiger partial charge in [0.25, 0.3) is 0 Å². The molecule has 0 bridgehead atoms. The van der Waals surface area contributed by atoms with E-state index in [1.807, 2.05) is 0 Å². The Morgan fingerprint density at radius 2 is 2.17 bits per heavy atom. The van der Waals surface area contributed by atoms with Gasteiger partial charge < -0.3 is 10.6 Å². The Hall–Kier alpha value is -0.830. The Balaban J connectivity index is 2.11. The molecular weight excluding hydrogens is 224 g/mol. The molecule has 0 fully saturated rings. The van der Waals surface area contributed by atoms with Crippen LogP contribution in [0.5, 0.6) is 0 Å². The molecule has 0 aliphatic heterocycles. The maximum atomic E-state index is 11.5. The van der Waals surface area contributed by atoms with Gasteiger partial charge in [0.2, 0.25) is 5.91 Å². The van der Waals surface area contributed by atoms with Crippen LogP contribution in [0.15, 0.2) is 12.2 Å². The van der Waals surface area contributed by atoms with Crippen LogP contribution < -0.4 is 10.6 Å². The van der Waals surface area contributed by atoms with E-state index in [0.717, 1.165) is 13.1 Å². The summed E-state index contributed by atoms with van der Waals surface area (Å²) in [6.45, 7) is 5.77. The smallest absolute Gasteiger partial charge is 0.221 e. The van der Waals surface area contributed by atoms with Gasteiger partial charge in [-0.3, -0.25) is 4.79 Å². The molecule has 1 atom stereocenters. The highest BCUT2D eigenvalue weighted by atomic mass is 16.1. The molecule has 0 aromatic rings. The Morgan fingerprint density at radius 1 is 1.33 bits per heavy atom. The largest absolute Gasteiger partial charge is 0.356 e. The summed E-state index contributed by atoms with van der Waals surface area (Å²) in [5.41, 5.74) is 0. The zero-order valence-corrected chi connectivity index (χ0v) is 11.9. The molecule has 2 N–H and O–H groups in total. The van der Waals surface area contributed by atoms with E-state index in [1.165, 1.54) is 32.1 Å². The topological polar surface area (TPSA) is 41.1 Å².